The number of hydrogen-bond donors (Lipinski definition) is 0. The fraction of sp³-hybridized carbons (Fsp3) is 0.450. The molecule has 1 fully saturated rings. The number of anilines is 1. The van der Waals surface area contributed by atoms with Gasteiger partial charge in [-0.1, -0.05) is 37.3 Å². The summed E-state index contributed by atoms with van der Waals surface area (Å²) >= 11 is 0. The number of benzene rings is 1. The lowest BCUT2D eigenvalue weighted by molar-refractivity contribution is 0.0780. The van der Waals surface area contributed by atoms with E-state index in [-0.39, 0.29) is 5.91 Å². The van der Waals surface area contributed by atoms with Gasteiger partial charge in [-0.15, -0.1) is 0 Å². The van der Waals surface area contributed by atoms with Crippen LogP contribution in [0.25, 0.3) is 0 Å². The van der Waals surface area contributed by atoms with Crippen molar-refractivity contribution in [2.45, 2.75) is 32.7 Å². The molecular weight excluding hydrogens is 312 g/mol. The molecule has 5 heteroatoms. The predicted molar refractivity (Wildman–Crippen MR) is 97.5 cm³/mol. The van der Waals surface area contributed by atoms with Gasteiger partial charge in [-0.3, -0.25) is 4.79 Å². The molecule has 2 aliphatic heterocycles. The van der Waals surface area contributed by atoms with Gasteiger partial charge >= 0.3 is 0 Å². The maximum absolute atomic E-state index is 12.6. The number of carbonyl (C=O) groups is 1. The first kappa shape index (κ1) is 16.1. The molecule has 0 spiro atoms. The maximum Gasteiger partial charge on any atom is 0.257 e. The molecule has 1 aromatic carbocycles. The second-order valence-electron chi connectivity index (χ2n) is 7.16. The van der Waals surface area contributed by atoms with Gasteiger partial charge in [-0.05, 0) is 30.7 Å². The van der Waals surface area contributed by atoms with Crippen LogP contribution in [0.4, 0.5) is 5.95 Å². The summed E-state index contributed by atoms with van der Waals surface area (Å²) in [6.07, 6.45) is 4.95. The van der Waals surface area contributed by atoms with Crippen molar-refractivity contribution >= 4 is 11.9 Å². The van der Waals surface area contributed by atoms with E-state index < -0.39 is 0 Å². The summed E-state index contributed by atoms with van der Waals surface area (Å²) in [6, 6.07) is 10.3. The lowest BCUT2D eigenvalue weighted by atomic mass is 10.00. The molecule has 0 bridgehead atoms. The van der Waals surface area contributed by atoms with Crippen LogP contribution in [0.15, 0.2) is 36.5 Å². The van der Waals surface area contributed by atoms with Gasteiger partial charge in [0.1, 0.15) is 0 Å². The minimum absolute atomic E-state index is 0.0600. The van der Waals surface area contributed by atoms with E-state index in [0.29, 0.717) is 12.1 Å². The third kappa shape index (κ3) is 3.36. The minimum Gasteiger partial charge on any atom is -0.341 e. The van der Waals surface area contributed by atoms with E-state index in [1.807, 2.05) is 23.1 Å². The number of amides is 1. The molecule has 0 N–H and O–H groups in total. The Hall–Kier alpha value is -2.43. The molecule has 5 nitrogen and oxygen atoms in total. The zero-order valence-electron chi connectivity index (χ0n) is 14.7. The van der Waals surface area contributed by atoms with Gasteiger partial charge in [0.2, 0.25) is 5.95 Å². The first-order chi connectivity index (χ1) is 12.2. The Kier molecular flexibility index (Phi) is 4.38. The van der Waals surface area contributed by atoms with Crippen LogP contribution in [-0.2, 0) is 13.0 Å². The Morgan fingerprint density at radius 3 is 2.68 bits per heavy atom. The number of piperidine rings is 1. The van der Waals surface area contributed by atoms with Gasteiger partial charge in [-0.25, -0.2) is 9.97 Å². The molecule has 1 aromatic heterocycles. The molecular formula is C20H24N4O. The molecule has 0 radical (unpaired) electrons. The van der Waals surface area contributed by atoms with Crippen LogP contribution < -0.4 is 4.90 Å². The second kappa shape index (κ2) is 6.82. The molecule has 1 amide bonds. The van der Waals surface area contributed by atoms with E-state index in [1.54, 1.807) is 6.20 Å². The number of fused-ring (bicyclic) bond motifs is 1. The first-order valence-electron chi connectivity index (χ1n) is 9.15. The standard InChI is InChI=1S/C20H24N4O/c1-15-7-10-23(11-8-15)20-21-13-17-18(22-20)14-24(19(17)25)12-9-16-5-3-2-4-6-16/h2-6,13,15H,7-12,14H2,1H3. The molecule has 4 rings (SSSR count). The second-order valence-corrected chi connectivity index (χ2v) is 7.16. The Labute approximate surface area is 148 Å². The van der Waals surface area contributed by atoms with Crippen LogP contribution in [-0.4, -0.2) is 40.4 Å². The summed E-state index contributed by atoms with van der Waals surface area (Å²) in [5.74, 6) is 1.62. The summed E-state index contributed by atoms with van der Waals surface area (Å²) < 4.78 is 0. The van der Waals surface area contributed by atoms with E-state index in [0.717, 1.165) is 43.6 Å². The van der Waals surface area contributed by atoms with Crippen molar-refractivity contribution in [3.63, 3.8) is 0 Å². The average Bonchev–Trinajstić information content (AvgIpc) is 2.97. The van der Waals surface area contributed by atoms with Crippen molar-refractivity contribution in [1.29, 1.82) is 0 Å². The first-order valence-corrected chi connectivity index (χ1v) is 9.15. The third-order valence-corrected chi connectivity index (χ3v) is 5.29. The topological polar surface area (TPSA) is 49.3 Å². The normalized spacial score (nSPS) is 17.9. The molecule has 25 heavy (non-hydrogen) atoms. The molecule has 1 saturated heterocycles. The summed E-state index contributed by atoms with van der Waals surface area (Å²) in [5, 5.41) is 0. The predicted octanol–water partition coefficient (Wildman–Crippen LogP) is 2.91. The van der Waals surface area contributed by atoms with E-state index in [1.165, 1.54) is 18.4 Å². The summed E-state index contributed by atoms with van der Waals surface area (Å²) in [5.41, 5.74) is 2.80. The highest BCUT2D eigenvalue weighted by atomic mass is 16.2. The summed E-state index contributed by atoms with van der Waals surface area (Å²) in [4.78, 5) is 25.9. The highest BCUT2D eigenvalue weighted by molar-refractivity contribution is 5.97. The van der Waals surface area contributed by atoms with Crippen LogP contribution >= 0.6 is 0 Å². The largest absolute Gasteiger partial charge is 0.341 e. The van der Waals surface area contributed by atoms with Gasteiger partial charge in [-0.2, -0.15) is 0 Å². The Morgan fingerprint density at radius 1 is 1.16 bits per heavy atom. The van der Waals surface area contributed by atoms with Crippen molar-refractivity contribution in [2.75, 3.05) is 24.5 Å². The molecule has 0 atom stereocenters. The van der Waals surface area contributed by atoms with Crippen molar-refractivity contribution in [3.8, 4) is 0 Å². The Morgan fingerprint density at radius 2 is 1.92 bits per heavy atom. The van der Waals surface area contributed by atoms with Crippen molar-refractivity contribution in [1.82, 2.24) is 14.9 Å². The average molecular weight is 336 g/mol. The third-order valence-electron chi connectivity index (χ3n) is 5.29. The zero-order chi connectivity index (χ0) is 17.2. The van der Waals surface area contributed by atoms with Gasteiger partial charge in [0, 0.05) is 25.8 Å². The summed E-state index contributed by atoms with van der Waals surface area (Å²) in [6.45, 7) is 5.62. The van der Waals surface area contributed by atoms with Crippen LogP contribution in [0.2, 0.25) is 0 Å². The Bertz CT molecular complexity index is 754. The van der Waals surface area contributed by atoms with Gasteiger partial charge < -0.3 is 9.80 Å². The van der Waals surface area contributed by atoms with Gasteiger partial charge in [0.25, 0.3) is 5.91 Å². The van der Waals surface area contributed by atoms with E-state index >= 15 is 0 Å². The van der Waals surface area contributed by atoms with Gasteiger partial charge in [0.05, 0.1) is 17.8 Å². The smallest absolute Gasteiger partial charge is 0.257 e. The van der Waals surface area contributed by atoms with Crippen molar-refractivity contribution < 1.29 is 4.79 Å². The highest BCUT2D eigenvalue weighted by Crippen LogP contribution is 2.25. The molecule has 2 aliphatic rings. The lowest BCUT2D eigenvalue weighted by Gasteiger charge is -2.30. The fourth-order valence-corrected chi connectivity index (χ4v) is 3.58. The Balaban J connectivity index is 1.44. The molecule has 3 heterocycles. The highest BCUT2D eigenvalue weighted by Gasteiger charge is 2.30. The number of nitrogens with zero attached hydrogens (tertiary/aromatic N) is 4. The molecule has 2 aromatic rings. The van der Waals surface area contributed by atoms with E-state index in [2.05, 4.69) is 28.9 Å². The van der Waals surface area contributed by atoms with E-state index in [4.69, 9.17) is 4.98 Å². The SMILES string of the molecule is CC1CCN(c2ncc3c(n2)CN(CCc2ccccc2)C3=O)CC1. The quantitative estimate of drug-likeness (QED) is 0.861. The molecule has 0 aliphatic carbocycles. The monoisotopic (exact) mass is 336 g/mol. The number of aromatic nitrogens is 2. The minimum atomic E-state index is 0.0600. The molecule has 130 valence electrons. The van der Waals surface area contributed by atoms with Crippen molar-refractivity contribution in [2.24, 2.45) is 5.92 Å². The van der Waals surface area contributed by atoms with E-state index in [9.17, 15) is 4.79 Å². The van der Waals surface area contributed by atoms with Crippen LogP contribution in [0.5, 0.6) is 0 Å². The number of rotatable bonds is 4. The zero-order valence-corrected chi connectivity index (χ0v) is 14.7. The number of hydrogen-bond acceptors (Lipinski definition) is 4. The fourth-order valence-electron chi connectivity index (χ4n) is 3.58. The number of carbonyl (C=O) groups excluding carboxylic acids is 1. The molecule has 0 saturated carbocycles. The summed E-state index contributed by atoms with van der Waals surface area (Å²) in [7, 11) is 0. The van der Waals surface area contributed by atoms with Crippen LogP contribution in [0, 0.1) is 5.92 Å². The maximum atomic E-state index is 12.6. The van der Waals surface area contributed by atoms with Crippen LogP contribution in [0.3, 0.4) is 0 Å². The lowest BCUT2D eigenvalue weighted by Crippen LogP contribution is -2.34. The van der Waals surface area contributed by atoms with Crippen LogP contribution in [0.1, 0.15) is 41.4 Å². The van der Waals surface area contributed by atoms with Crippen molar-refractivity contribution in [3.05, 3.63) is 53.3 Å². The van der Waals surface area contributed by atoms with Gasteiger partial charge in [0.15, 0.2) is 0 Å². The molecule has 0 unspecified atom stereocenters.